The van der Waals surface area contributed by atoms with Crippen LogP contribution in [0.1, 0.15) is 27.0 Å². The van der Waals surface area contributed by atoms with E-state index in [1.165, 1.54) is 0 Å². The van der Waals surface area contributed by atoms with Crippen molar-refractivity contribution in [3.8, 4) is 11.3 Å². The first-order valence-corrected chi connectivity index (χ1v) is 7.82. The molecule has 3 aromatic rings. The molecule has 2 heterocycles. The number of aryl methyl sites for hydroxylation is 3. The predicted molar refractivity (Wildman–Crippen MR) is 93.5 cm³/mol. The number of amides is 1. The fourth-order valence-corrected chi connectivity index (χ4v) is 2.77. The molecule has 0 spiro atoms. The number of nitrogens with one attached hydrogen (secondary N) is 1. The van der Waals surface area contributed by atoms with Crippen LogP contribution in [-0.4, -0.2) is 20.7 Å². The van der Waals surface area contributed by atoms with Crippen molar-refractivity contribution in [3.63, 3.8) is 0 Å². The summed E-state index contributed by atoms with van der Waals surface area (Å²) in [7, 11) is 1.87. The molecule has 24 heavy (non-hydrogen) atoms. The Morgan fingerprint density at radius 1 is 1.21 bits per heavy atom. The Kier molecular flexibility index (Phi) is 4.42. The molecule has 3 rings (SSSR count). The third kappa shape index (κ3) is 3.51. The zero-order valence-electron chi connectivity index (χ0n) is 14.1. The maximum Gasteiger partial charge on any atom is 0.251 e. The molecule has 0 aliphatic heterocycles. The second-order valence-electron chi connectivity index (χ2n) is 5.97. The van der Waals surface area contributed by atoms with Gasteiger partial charge >= 0.3 is 0 Å². The second kappa shape index (κ2) is 6.66. The average Bonchev–Trinajstić information content (AvgIpc) is 2.98. The van der Waals surface area contributed by atoms with Crippen molar-refractivity contribution in [2.45, 2.75) is 20.4 Å². The van der Waals surface area contributed by atoms with Gasteiger partial charge in [0.05, 0.1) is 11.9 Å². The molecule has 0 fully saturated rings. The van der Waals surface area contributed by atoms with Gasteiger partial charge in [-0.05, 0) is 37.6 Å². The van der Waals surface area contributed by atoms with Gasteiger partial charge in [-0.1, -0.05) is 23.3 Å². The molecule has 0 bridgehead atoms. The number of carbonyl (C=O) groups is 1. The number of hydrogen-bond acceptors (Lipinski definition) is 3. The zero-order chi connectivity index (χ0) is 17.1. The summed E-state index contributed by atoms with van der Waals surface area (Å²) >= 11 is 0. The van der Waals surface area contributed by atoms with Gasteiger partial charge in [-0.25, -0.2) is 0 Å². The van der Waals surface area contributed by atoms with Crippen molar-refractivity contribution in [1.82, 2.24) is 20.1 Å². The number of hydrogen-bond donors (Lipinski definition) is 1. The van der Waals surface area contributed by atoms with E-state index in [2.05, 4.69) is 21.5 Å². The van der Waals surface area contributed by atoms with Crippen LogP contribution in [0.15, 0.2) is 48.9 Å². The Morgan fingerprint density at radius 2 is 1.96 bits per heavy atom. The number of nitrogens with zero attached hydrogens (tertiary/aromatic N) is 3. The summed E-state index contributed by atoms with van der Waals surface area (Å²) in [6.07, 6.45) is 5.44. The molecule has 2 aromatic heterocycles. The molecule has 0 atom stereocenters. The maximum atomic E-state index is 12.4. The van der Waals surface area contributed by atoms with E-state index in [-0.39, 0.29) is 5.91 Å². The van der Waals surface area contributed by atoms with E-state index in [1.54, 1.807) is 17.1 Å². The molecule has 5 nitrogen and oxygen atoms in total. The van der Waals surface area contributed by atoms with E-state index in [0.717, 1.165) is 27.9 Å². The Hall–Kier alpha value is -2.95. The molecule has 1 aromatic carbocycles. The molecule has 1 amide bonds. The predicted octanol–water partition coefficient (Wildman–Crippen LogP) is 3.03. The molecule has 1 N–H and O–H groups in total. The van der Waals surface area contributed by atoms with Gasteiger partial charge < -0.3 is 5.32 Å². The number of carbonyl (C=O) groups excluding carboxylic acids is 1. The van der Waals surface area contributed by atoms with Crippen LogP contribution >= 0.6 is 0 Å². The van der Waals surface area contributed by atoms with E-state index < -0.39 is 0 Å². The van der Waals surface area contributed by atoms with Gasteiger partial charge in [0.25, 0.3) is 5.91 Å². The first kappa shape index (κ1) is 15.9. The van der Waals surface area contributed by atoms with Crippen LogP contribution in [-0.2, 0) is 13.6 Å². The third-order valence-electron chi connectivity index (χ3n) is 3.79. The van der Waals surface area contributed by atoms with Crippen molar-refractivity contribution < 1.29 is 4.79 Å². The molecular formula is C19H20N4O. The number of benzene rings is 1. The van der Waals surface area contributed by atoms with Gasteiger partial charge in [0, 0.05) is 37.1 Å². The minimum Gasteiger partial charge on any atom is -0.348 e. The largest absolute Gasteiger partial charge is 0.348 e. The van der Waals surface area contributed by atoms with Gasteiger partial charge in [0.1, 0.15) is 0 Å². The van der Waals surface area contributed by atoms with Crippen molar-refractivity contribution in [3.05, 3.63) is 71.2 Å². The standard InChI is InChI=1S/C19H20N4O/c1-13-7-14(2)9-16(8-13)19(24)21-10-15-5-4-6-20-18(15)17-11-22-23(3)12-17/h4-9,11-12H,10H2,1-3H3,(H,21,24). The second-order valence-corrected chi connectivity index (χ2v) is 5.97. The molecule has 0 unspecified atom stereocenters. The van der Waals surface area contributed by atoms with Crippen molar-refractivity contribution in [2.24, 2.45) is 7.05 Å². The first-order chi connectivity index (χ1) is 11.5. The van der Waals surface area contributed by atoms with Crippen molar-refractivity contribution in [1.29, 1.82) is 0 Å². The highest BCUT2D eigenvalue weighted by molar-refractivity contribution is 5.94. The lowest BCUT2D eigenvalue weighted by Gasteiger charge is -2.10. The van der Waals surface area contributed by atoms with Crippen LogP contribution in [0, 0.1) is 13.8 Å². The van der Waals surface area contributed by atoms with Crippen LogP contribution < -0.4 is 5.32 Å². The van der Waals surface area contributed by atoms with E-state index in [9.17, 15) is 4.79 Å². The summed E-state index contributed by atoms with van der Waals surface area (Å²) in [6, 6.07) is 9.69. The minimum absolute atomic E-state index is 0.0808. The summed E-state index contributed by atoms with van der Waals surface area (Å²) in [5.41, 5.74) is 5.58. The van der Waals surface area contributed by atoms with Crippen LogP contribution in [0.25, 0.3) is 11.3 Å². The Bertz CT molecular complexity index is 862. The Morgan fingerprint density at radius 3 is 2.62 bits per heavy atom. The Balaban J connectivity index is 1.79. The molecule has 122 valence electrons. The van der Waals surface area contributed by atoms with Crippen LogP contribution in [0.4, 0.5) is 0 Å². The quantitative estimate of drug-likeness (QED) is 0.804. The molecule has 0 aliphatic rings. The Labute approximate surface area is 141 Å². The molecule has 0 saturated carbocycles. The lowest BCUT2D eigenvalue weighted by Crippen LogP contribution is -2.23. The SMILES string of the molecule is Cc1cc(C)cc(C(=O)NCc2cccnc2-c2cnn(C)c2)c1. The summed E-state index contributed by atoms with van der Waals surface area (Å²) in [5.74, 6) is -0.0808. The molecule has 0 aliphatic carbocycles. The van der Waals surface area contributed by atoms with Gasteiger partial charge in [0.2, 0.25) is 0 Å². The summed E-state index contributed by atoms with van der Waals surface area (Å²) in [4.78, 5) is 16.9. The van der Waals surface area contributed by atoms with Gasteiger partial charge in [-0.2, -0.15) is 5.10 Å². The monoisotopic (exact) mass is 320 g/mol. The molecule has 5 heteroatoms. The normalized spacial score (nSPS) is 10.6. The van der Waals surface area contributed by atoms with Crippen molar-refractivity contribution in [2.75, 3.05) is 0 Å². The fourth-order valence-electron chi connectivity index (χ4n) is 2.77. The highest BCUT2D eigenvalue weighted by atomic mass is 16.1. The van der Waals surface area contributed by atoms with Gasteiger partial charge in [-0.3, -0.25) is 14.5 Å². The summed E-state index contributed by atoms with van der Waals surface area (Å²) in [5, 5.41) is 7.17. The van der Waals surface area contributed by atoms with E-state index in [4.69, 9.17) is 0 Å². The summed E-state index contributed by atoms with van der Waals surface area (Å²) < 4.78 is 1.74. The van der Waals surface area contributed by atoms with E-state index in [1.807, 2.05) is 51.4 Å². The van der Waals surface area contributed by atoms with E-state index >= 15 is 0 Å². The molecule has 0 saturated heterocycles. The molecular weight excluding hydrogens is 300 g/mol. The lowest BCUT2D eigenvalue weighted by molar-refractivity contribution is 0.0951. The average molecular weight is 320 g/mol. The van der Waals surface area contributed by atoms with Gasteiger partial charge in [0.15, 0.2) is 0 Å². The van der Waals surface area contributed by atoms with Crippen LogP contribution in [0.2, 0.25) is 0 Å². The number of aromatic nitrogens is 3. The first-order valence-electron chi connectivity index (χ1n) is 7.82. The topological polar surface area (TPSA) is 59.8 Å². The van der Waals surface area contributed by atoms with E-state index in [0.29, 0.717) is 12.1 Å². The minimum atomic E-state index is -0.0808. The fraction of sp³-hybridized carbons (Fsp3) is 0.211. The lowest BCUT2D eigenvalue weighted by atomic mass is 10.1. The number of pyridine rings is 1. The zero-order valence-corrected chi connectivity index (χ0v) is 14.1. The smallest absolute Gasteiger partial charge is 0.251 e. The highest BCUT2D eigenvalue weighted by Gasteiger charge is 2.11. The maximum absolute atomic E-state index is 12.4. The van der Waals surface area contributed by atoms with Gasteiger partial charge in [-0.15, -0.1) is 0 Å². The summed E-state index contributed by atoms with van der Waals surface area (Å²) in [6.45, 7) is 4.40. The highest BCUT2D eigenvalue weighted by Crippen LogP contribution is 2.20. The van der Waals surface area contributed by atoms with Crippen LogP contribution in [0.5, 0.6) is 0 Å². The van der Waals surface area contributed by atoms with Crippen molar-refractivity contribution >= 4 is 5.91 Å². The third-order valence-corrected chi connectivity index (χ3v) is 3.79. The van der Waals surface area contributed by atoms with Crippen LogP contribution in [0.3, 0.4) is 0 Å². The molecule has 0 radical (unpaired) electrons. The number of rotatable bonds is 4.